The highest BCUT2D eigenvalue weighted by Gasteiger charge is 2.08. The van der Waals surface area contributed by atoms with Crippen LogP contribution in [0.4, 0.5) is 0 Å². The fourth-order valence-electron chi connectivity index (χ4n) is 1.70. The summed E-state index contributed by atoms with van der Waals surface area (Å²) in [5.41, 5.74) is 7.31. The zero-order valence-corrected chi connectivity index (χ0v) is 10.9. The Bertz CT molecular complexity index is 648. The fraction of sp³-hybridized carbons (Fsp3) is 0.154. The Morgan fingerprint density at radius 3 is 3.00 bits per heavy atom. The van der Waals surface area contributed by atoms with Gasteiger partial charge < -0.3 is 20.8 Å². The van der Waals surface area contributed by atoms with Crippen LogP contribution in [0.2, 0.25) is 0 Å². The second-order valence-corrected chi connectivity index (χ2v) is 4.29. The van der Waals surface area contributed by atoms with E-state index < -0.39 is 0 Å². The molecule has 104 valence electrons. The molecular weight excluding hydrogens is 258 g/mol. The number of benzene rings is 1. The molecule has 1 amide bonds. The first-order chi connectivity index (χ1) is 9.60. The van der Waals surface area contributed by atoms with Crippen molar-refractivity contribution in [2.75, 3.05) is 0 Å². The lowest BCUT2D eigenvalue weighted by molar-refractivity contribution is 0.0946. The van der Waals surface area contributed by atoms with E-state index in [-0.39, 0.29) is 11.7 Å². The van der Waals surface area contributed by atoms with Crippen molar-refractivity contribution in [2.24, 2.45) is 17.9 Å². The number of aryl methyl sites for hydroxylation is 1. The smallest absolute Gasteiger partial charge is 0.271 e. The van der Waals surface area contributed by atoms with Crippen LogP contribution in [0.1, 0.15) is 21.6 Å². The molecule has 0 aliphatic carbocycles. The summed E-state index contributed by atoms with van der Waals surface area (Å²) >= 11 is 0. The molecule has 0 spiro atoms. The molecule has 2 rings (SSSR count). The van der Waals surface area contributed by atoms with E-state index in [0.717, 1.165) is 5.56 Å². The lowest BCUT2D eigenvalue weighted by Crippen LogP contribution is -2.23. The van der Waals surface area contributed by atoms with Gasteiger partial charge in [0.25, 0.3) is 5.91 Å². The number of hydrogen-bond acceptors (Lipinski definition) is 4. The van der Waals surface area contributed by atoms with Gasteiger partial charge in [-0.05, 0) is 11.6 Å². The Balaban J connectivity index is 2.02. The van der Waals surface area contributed by atoms with Gasteiger partial charge in [0.1, 0.15) is 5.69 Å². The number of imidazole rings is 1. The average molecular weight is 273 g/mol. The van der Waals surface area contributed by atoms with E-state index in [1.165, 1.54) is 0 Å². The van der Waals surface area contributed by atoms with Crippen LogP contribution >= 0.6 is 0 Å². The number of carbonyl (C=O) groups is 1. The Kier molecular flexibility index (Phi) is 3.99. The maximum absolute atomic E-state index is 11.8. The molecule has 0 bridgehead atoms. The van der Waals surface area contributed by atoms with Gasteiger partial charge in [0.2, 0.25) is 0 Å². The fourth-order valence-corrected chi connectivity index (χ4v) is 1.70. The van der Waals surface area contributed by atoms with Crippen molar-refractivity contribution in [3.63, 3.8) is 0 Å². The Morgan fingerprint density at radius 1 is 1.55 bits per heavy atom. The number of nitrogens with one attached hydrogen (secondary N) is 1. The Morgan fingerprint density at radius 2 is 2.35 bits per heavy atom. The van der Waals surface area contributed by atoms with E-state index in [1.54, 1.807) is 42.3 Å². The maximum atomic E-state index is 11.8. The van der Waals surface area contributed by atoms with Crippen molar-refractivity contribution in [3.05, 3.63) is 53.6 Å². The van der Waals surface area contributed by atoms with Crippen molar-refractivity contribution in [2.45, 2.75) is 6.54 Å². The summed E-state index contributed by atoms with van der Waals surface area (Å²) in [6.45, 7) is 0.335. The minimum atomic E-state index is -0.250. The van der Waals surface area contributed by atoms with E-state index >= 15 is 0 Å². The summed E-state index contributed by atoms with van der Waals surface area (Å²) in [6.07, 6.45) is 3.20. The van der Waals surface area contributed by atoms with Gasteiger partial charge in [-0.3, -0.25) is 4.79 Å². The molecule has 2 aromatic rings. The van der Waals surface area contributed by atoms with Gasteiger partial charge in [-0.15, -0.1) is 0 Å². The molecule has 0 atom stereocenters. The number of nitrogens with zero attached hydrogens (tertiary/aromatic N) is 3. The van der Waals surface area contributed by atoms with Crippen molar-refractivity contribution < 1.29 is 10.0 Å². The molecule has 7 nitrogen and oxygen atoms in total. The summed E-state index contributed by atoms with van der Waals surface area (Å²) < 4.78 is 1.70. The highest BCUT2D eigenvalue weighted by atomic mass is 16.4. The molecule has 1 heterocycles. The third kappa shape index (κ3) is 3.14. The number of nitrogens with two attached hydrogens (primary N) is 1. The monoisotopic (exact) mass is 273 g/mol. The van der Waals surface area contributed by atoms with Crippen LogP contribution in [0.15, 0.2) is 41.9 Å². The number of aromatic nitrogens is 2. The van der Waals surface area contributed by atoms with Crippen LogP contribution in [0.5, 0.6) is 0 Å². The van der Waals surface area contributed by atoms with Crippen LogP contribution < -0.4 is 11.1 Å². The predicted octanol–water partition coefficient (Wildman–Crippen LogP) is 0.445. The minimum Gasteiger partial charge on any atom is -0.409 e. The number of rotatable bonds is 4. The van der Waals surface area contributed by atoms with Crippen molar-refractivity contribution in [3.8, 4) is 0 Å². The first-order valence-corrected chi connectivity index (χ1v) is 5.93. The molecule has 0 fully saturated rings. The first-order valence-electron chi connectivity index (χ1n) is 5.93. The molecule has 1 aromatic carbocycles. The van der Waals surface area contributed by atoms with E-state index in [1.807, 2.05) is 6.07 Å². The maximum Gasteiger partial charge on any atom is 0.271 e. The molecule has 0 radical (unpaired) electrons. The average Bonchev–Trinajstić information content (AvgIpc) is 2.91. The third-order valence-corrected chi connectivity index (χ3v) is 2.72. The van der Waals surface area contributed by atoms with E-state index in [2.05, 4.69) is 15.5 Å². The Hall–Kier alpha value is -2.83. The van der Waals surface area contributed by atoms with Gasteiger partial charge in [-0.1, -0.05) is 23.4 Å². The standard InChI is InChI=1S/C13H15N5O2/c1-18-7-11(16-8-18)13(19)15-6-9-3-2-4-10(5-9)12(14)17-20/h2-5,7-8,20H,6H2,1H3,(H2,14,17)(H,15,19). The van der Waals surface area contributed by atoms with Crippen LogP contribution in [-0.4, -0.2) is 26.5 Å². The highest BCUT2D eigenvalue weighted by molar-refractivity contribution is 5.97. The molecule has 0 unspecified atom stereocenters. The van der Waals surface area contributed by atoms with Gasteiger partial charge in [-0.2, -0.15) is 0 Å². The van der Waals surface area contributed by atoms with Gasteiger partial charge >= 0.3 is 0 Å². The van der Waals surface area contributed by atoms with Gasteiger partial charge in [0.05, 0.1) is 6.33 Å². The molecule has 0 saturated carbocycles. The molecule has 0 saturated heterocycles. The van der Waals surface area contributed by atoms with Crippen molar-refractivity contribution in [1.29, 1.82) is 0 Å². The summed E-state index contributed by atoms with van der Waals surface area (Å²) in [6, 6.07) is 7.08. The number of oxime groups is 1. The second-order valence-electron chi connectivity index (χ2n) is 4.29. The molecule has 20 heavy (non-hydrogen) atoms. The van der Waals surface area contributed by atoms with Crippen molar-refractivity contribution in [1.82, 2.24) is 14.9 Å². The molecule has 0 aliphatic rings. The molecule has 4 N–H and O–H groups in total. The lowest BCUT2D eigenvalue weighted by atomic mass is 10.1. The normalized spacial score (nSPS) is 11.3. The summed E-state index contributed by atoms with van der Waals surface area (Å²) in [7, 11) is 1.80. The van der Waals surface area contributed by atoms with Crippen LogP contribution in [0.25, 0.3) is 0 Å². The lowest BCUT2D eigenvalue weighted by Gasteiger charge is -2.05. The third-order valence-electron chi connectivity index (χ3n) is 2.72. The van der Waals surface area contributed by atoms with Crippen LogP contribution in [-0.2, 0) is 13.6 Å². The van der Waals surface area contributed by atoms with E-state index in [4.69, 9.17) is 10.9 Å². The molecule has 0 aliphatic heterocycles. The van der Waals surface area contributed by atoms with Crippen molar-refractivity contribution >= 4 is 11.7 Å². The summed E-state index contributed by atoms with van der Waals surface area (Å²) in [5, 5.41) is 14.3. The van der Waals surface area contributed by atoms with Crippen LogP contribution in [0.3, 0.4) is 0 Å². The zero-order valence-electron chi connectivity index (χ0n) is 10.9. The quantitative estimate of drug-likeness (QED) is 0.325. The van der Waals surface area contributed by atoms with Gasteiger partial charge in [0.15, 0.2) is 5.84 Å². The number of amides is 1. The summed E-state index contributed by atoms with van der Waals surface area (Å²) in [4.78, 5) is 15.8. The molecule has 1 aromatic heterocycles. The van der Waals surface area contributed by atoms with Crippen LogP contribution in [0, 0.1) is 0 Å². The number of amidine groups is 1. The molecular formula is C13H15N5O2. The molecule has 7 heteroatoms. The predicted molar refractivity (Wildman–Crippen MR) is 73.3 cm³/mol. The Labute approximate surface area is 115 Å². The number of carbonyl (C=O) groups excluding carboxylic acids is 1. The number of hydrogen-bond donors (Lipinski definition) is 3. The largest absolute Gasteiger partial charge is 0.409 e. The van der Waals surface area contributed by atoms with E-state index in [9.17, 15) is 4.79 Å². The second kappa shape index (κ2) is 5.87. The van der Waals surface area contributed by atoms with Gasteiger partial charge in [-0.25, -0.2) is 4.98 Å². The zero-order chi connectivity index (χ0) is 14.5. The highest BCUT2D eigenvalue weighted by Crippen LogP contribution is 2.05. The van der Waals surface area contributed by atoms with E-state index in [0.29, 0.717) is 17.8 Å². The first kappa shape index (κ1) is 13.6. The SMILES string of the molecule is Cn1cnc(C(=O)NCc2cccc(/C(N)=N/O)c2)c1. The minimum absolute atomic E-state index is 0.0305. The summed E-state index contributed by atoms with van der Waals surface area (Å²) in [5.74, 6) is -0.220. The van der Waals surface area contributed by atoms with Gasteiger partial charge in [0, 0.05) is 25.4 Å². The topological polar surface area (TPSA) is 106 Å².